The highest BCUT2D eigenvalue weighted by Crippen LogP contribution is 2.24. The fourth-order valence-corrected chi connectivity index (χ4v) is 2.59. The minimum atomic E-state index is -0.301. The predicted octanol–water partition coefficient (Wildman–Crippen LogP) is 2.88. The van der Waals surface area contributed by atoms with Crippen LogP contribution in [-0.4, -0.2) is 45.7 Å². The second kappa shape index (κ2) is 8.48. The molecule has 0 heterocycles. The van der Waals surface area contributed by atoms with Crippen molar-refractivity contribution in [3.63, 3.8) is 0 Å². The van der Waals surface area contributed by atoms with E-state index < -0.39 is 0 Å². The van der Waals surface area contributed by atoms with Crippen LogP contribution in [0.25, 0.3) is 0 Å². The van der Waals surface area contributed by atoms with Crippen LogP contribution >= 0.6 is 0 Å². The SMILES string of the molecule is COc1ccc(OC)c(C(=O)NCC(c2cccc(F)c2)N(C)C)c1. The molecule has 0 fully saturated rings. The van der Waals surface area contributed by atoms with Crippen molar-refractivity contribution in [2.45, 2.75) is 6.04 Å². The first-order chi connectivity index (χ1) is 12.0. The Morgan fingerprint density at radius 1 is 1.16 bits per heavy atom. The first kappa shape index (κ1) is 18.7. The van der Waals surface area contributed by atoms with Gasteiger partial charge in [0.25, 0.3) is 5.91 Å². The van der Waals surface area contributed by atoms with Gasteiger partial charge in [-0.1, -0.05) is 12.1 Å². The second-order valence-corrected chi connectivity index (χ2v) is 5.81. The molecule has 0 aliphatic carbocycles. The van der Waals surface area contributed by atoms with Crippen LogP contribution in [0.1, 0.15) is 22.0 Å². The van der Waals surface area contributed by atoms with E-state index >= 15 is 0 Å². The largest absolute Gasteiger partial charge is 0.497 e. The van der Waals surface area contributed by atoms with Crippen LogP contribution in [-0.2, 0) is 0 Å². The molecule has 134 valence electrons. The molecule has 2 aromatic rings. The fraction of sp³-hybridized carbons (Fsp3) is 0.316. The zero-order valence-electron chi connectivity index (χ0n) is 14.9. The summed E-state index contributed by atoms with van der Waals surface area (Å²) in [6.07, 6.45) is 0. The van der Waals surface area contributed by atoms with E-state index in [1.807, 2.05) is 25.1 Å². The maximum atomic E-state index is 13.5. The van der Waals surface area contributed by atoms with Crippen molar-refractivity contribution < 1.29 is 18.7 Å². The minimum absolute atomic E-state index is 0.156. The number of hydrogen-bond donors (Lipinski definition) is 1. The predicted molar refractivity (Wildman–Crippen MR) is 94.7 cm³/mol. The van der Waals surface area contributed by atoms with Gasteiger partial charge < -0.3 is 19.7 Å². The number of carbonyl (C=O) groups excluding carboxylic acids is 1. The summed E-state index contributed by atoms with van der Waals surface area (Å²) in [4.78, 5) is 14.5. The van der Waals surface area contributed by atoms with Gasteiger partial charge in [0.15, 0.2) is 0 Å². The van der Waals surface area contributed by atoms with Crippen LogP contribution in [0.2, 0.25) is 0 Å². The lowest BCUT2D eigenvalue weighted by Crippen LogP contribution is -2.34. The normalized spacial score (nSPS) is 11.9. The lowest BCUT2D eigenvalue weighted by Gasteiger charge is -2.25. The topological polar surface area (TPSA) is 50.8 Å². The summed E-state index contributed by atoms with van der Waals surface area (Å²) in [5, 5.41) is 2.89. The van der Waals surface area contributed by atoms with Gasteiger partial charge in [0, 0.05) is 6.54 Å². The van der Waals surface area contributed by atoms with Gasteiger partial charge in [-0.05, 0) is 50.0 Å². The van der Waals surface area contributed by atoms with Gasteiger partial charge in [-0.15, -0.1) is 0 Å². The summed E-state index contributed by atoms with van der Waals surface area (Å²) < 4.78 is 23.9. The number of likely N-dealkylation sites (N-methyl/N-ethyl adjacent to an activating group) is 1. The van der Waals surface area contributed by atoms with Gasteiger partial charge in [0.1, 0.15) is 17.3 Å². The number of benzene rings is 2. The summed E-state index contributed by atoms with van der Waals surface area (Å²) >= 11 is 0. The standard InChI is InChI=1S/C19H23FN2O3/c1-22(2)17(13-6-5-7-14(20)10-13)12-21-19(23)16-11-15(24-3)8-9-18(16)25-4/h5-11,17H,12H2,1-4H3,(H,21,23). The molecular weight excluding hydrogens is 323 g/mol. The monoisotopic (exact) mass is 346 g/mol. The summed E-state index contributed by atoms with van der Waals surface area (Å²) in [7, 11) is 6.81. The Balaban J connectivity index is 2.17. The molecule has 5 nitrogen and oxygen atoms in total. The van der Waals surface area contributed by atoms with E-state index in [9.17, 15) is 9.18 Å². The van der Waals surface area contributed by atoms with Crippen molar-refractivity contribution in [3.05, 3.63) is 59.4 Å². The van der Waals surface area contributed by atoms with Crippen LogP contribution in [0.3, 0.4) is 0 Å². The quantitative estimate of drug-likeness (QED) is 0.838. The zero-order chi connectivity index (χ0) is 18.4. The molecule has 25 heavy (non-hydrogen) atoms. The maximum Gasteiger partial charge on any atom is 0.255 e. The first-order valence-electron chi connectivity index (χ1n) is 7.88. The Labute approximate surface area is 147 Å². The smallest absolute Gasteiger partial charge is 0.255 e. The average Bonchev–Trinajstić information content (AvgIpc) is 2.60. The van der Waals surface area contributed by atoms with Gasteiger partial charge in [-0.2, -0.15) is 0 Å². The summed E-state index contributed by atoms with van der Waals surface area (Å²) in [6, 6.07) is 11.3. The van der Waals surface area contributed by atoms with Crippen LogP contribution in [0.4, 0.5) is 4.39 Å². The highest BCUT2D eigenvalue weighted by molar-refractivity contribution is 5.97. The molecule has 6 heteroatoms. The number of ether oxygens (including phenoxy) is 2. The van der Waals surface area contributed by atoms with E-state index in [1.54, 1.807) is 24.3 Å². The molecule has 0 radical (unpaired) electrons. The van der Waals surface area contributed by atoms with Crippen LogP contribution in [0, 0.1) is 5.82 Å². The molecule has 1 N–H and O–H groups in total. The molecule has 1 unspecified atom stereocenters. The Morgan fingerprint density at radius 3 is 2.52 bits per heavy atom. The molecule has 0 aliphatic rings. The number of nitrogens with one attached hydrogen (secondary N) is 1. The maximum absolute atomic E-state index is 13.5. The Bertz CT molecular complexity index is 734. The van der Waals surface area contributed by atoms with E-state index in [0.717, 1.165) is 5.56 Å². The first-order valence-corrected chi connectivity index (χ1v) is 7.88. The number of hydrogen-bond acceptors (Lipinski definition) is 4. The zero-order valence-corrected chi connectivity index (χ0v) is 14.9. The van der Waals surface area contributed by atoms with Crippen LogP contribution < -0.4 is 14.8 Å². The van der Waals surface area contributed by atoms with Crippen molar-refractivity contribution in [1.29, 1.82) is 0 Å². The van der Waals surface area contributed by atoms with Crippen molar-refractivity contribution in [2.75, 3.05) is 34.9 Å². The molecule has 0 bridgehead atoms. The van der Waals surface area contributed by atoms with E-state index in [4.69, 9.17) is 9.47 Å². The third-order valence-corrected chi connectivity index (χ3v) is 3.96. The van der Waals surface area contributed by atoms with Crippen molar-refractivity contribution in [2.24, 2.45) is 0 Å². The minimum Gasteiger partial charge on any atom is -0.497 e. The molecule has 1 atom stereocenters. The second-order valence-electron chi connectivity index (χ2n) is 5.81. The highest BCUT2D eigenvalue weighted by Gasteiger charge is 2.18. The van der Waals surface area contributed by atoms with Crippen molar-refractivity contribution in [3.8, 4) is 11.5 Å². The summed E-state index contributed by atoms with van der Waals surface area (Å²) in [6.45, 7) is 0.329. The van der Waals surface area contributed by atoms with E-state index in [1.165, 1.54) is 26.4 Å². The molecule has 0 spiro atoms. The number of amides is 1. The molecule has 2 aromatic carbocycles. The number of carbonyl (C=O) groups is 1. The molecule has 0 aromatic heterocycles. The van der Waals surface area contributed by atoms with Crippen LogP contribution in [0.5, 0.6) is 11.5 Å². The average molecular weight is 346 g/mol. The lowest BCUT2D eigenvalue weighted by atomic mass is 10.1. The molecule has 2 rings (SSSR count). The van der Waals surface area contributed by atoms with E-state index in [0.29, 0.717) is 23.6 Å². The van der Waals surface area contributed by atoms with E-state index in [-0.39, 0.29) is 17.8 Å². The highest BCUT2D eigenvalue weighted by atomic mass is 19.1. The summed E-state index contributed by atoms with van der Waals surface area (Å²) in [5.41, 5.74) is 1.18. The summed E-state index contributed by atoms with van der Waals surface area (Å²) in [5.74, 6) is 0.454. The number of nitrogens with zero attached hydrogens (tertiary/aromatic N) is 1. The lowest BCUT2D eigenvalue weighted by molar-refractivity contribution is 0.0938. The Kier molecular flexibility index (Phi) is 6.36. The van der Waals surface area contributed by atoms with Gasteiger partial charge in [0.2, 0.25) is 0 Å². The molecular formula is C19H23FN2O3. The van der Waals surface area contributed by atoms with Crippen molar-refractivity contribution >= 4 is 5.91 Å². The Hall–Kier alpha value is -2.60. The molecule has 0 saturated carbocycles. The van der Waals surface area contributed by atoms with Gasteiger partial charge >= 0.3 is 0 Å². The number of halogens is 1. The van der Waals surface area contributed by atoms with Gasteiger partial charge in [-0.25, -0.2) is 4.39 Å². The number of methoxy groups -OCH3 is 2. The molecule has 1 amide bonds. The fourth-order valence-electron chi connectivity index (χ4n) is 2.59. The molecule has 0 aliphatic heterocycles. The van der Waals surface area contributed by atoms with Crippen LogP contribution in [0.15, 0.2) is 42.5 Å². The van der Waals surface area contributed by atoms with Gasteiger partial charge in [0.05, 0.1) is 25.8 Å². The van der Waals surface area contributed by atoms with Gasteiger partial charge in [-0.3, -0.25) is 4.79 Å². The third kappa shape index (κ3) is 4.70. The van der Waals surface area contributed by atoms with E-state index in [2.05, 4.69) is 5.32 Å². The number of rotatable bonds is 7. The molecule has 0 saturated heterocycles. The third-order valence-electron chi connectivity index (χ3n) is 3.96. The Morgan fingerprint density at radius 2 is 1.92 bits per heavy atom. The van der Waals surface area contributed by atoms with Crippen molar-refractivity contribution in [1.82, 2.24) is 10.2 Å².